The van der Waals surface area contributed by atoms with E-state index in [1.165, 1.54) is 0 Å². The van der Waals surface area contributed by atoms with Crippen LogP contribution in [0.2, 0.25) is 5.02 Å². The van der Waals surface area contributed by atoms with Crippen LogP contribution in [0.1, 0.15) is 32.4 Å². The van der Waals surface area contributed by atoms with Gasteiger partial charge in [0.25, 0.3) is 0 Å². The quantitative estimate of drug-likeness (QED) is 0.861. The van der Waals surface area contributed by atoms with Gasteiger partial charge in [-0.1, -0.05) is 17.7 Å². The van der Waals surface area contributed by atoms with Crippen LogP contribution in [0.15, 0.2) is 18.2 Å². The molecule has 0 spiro atoms. The van der Waals surface area contributed by atoms with E-state index in [0.29, 0.717) is 5.02 Å². The summed E-state index contributed by atoms with van der Waals surface area (Å²) in [4.78, 5) is 12.9. The van der Waals surface area contributed by atoms with Crippen molar-refractivity contribution in [2.75, 3.05) is 11.4 Å². The molecule has 0 aliphatic carbocycles. The Bertz CT molecular complexity index is 433. The second-order valence-electron chi connectivity index (χ2n) is 4.57. The summed E-state index contributed by atoms with van der Waals surface area (Å²) in [6, 6.07) is 5.40. The van der Waals surface area contributed by atoms with Crippen molar-refractivity contribution in [1.82, 2.24) is 0 Å². The molecule has 1 aromatic rings. The Labute approximate surface area is 112 Å². The molecule has 4 nitrogen and oxygen atoms in total. The molecule has 18 heavy (non-hydrogen) atoms. The fraction of sp³-hybridized carbons (Fsp3) is 0.462. The predicted molar refractivity (Wildman–Crippen MR) is 73.8 cm³/mol. The van der Waals surface area contributed by atoms with Gasteiger partial charge in [0.05, 0.1) is 23.4 Å². The first-order valence-electron chi connectivity index (χ1n) is 5.85. The van der Waals surface area contributed by atoms with Gasteiger partial charge in [-0.2, -0.15) is 0 Å². The van der Waals surface area contributed by atoms with Crippen LogP contribution >= 0.6 is 11.6 Å². The average Bonchev–Trinajstić information content (AvgIpc) is 2.25. The number of benzene rings is 1. The van der Waals surface area contributed by atoms with E-state index in [4.69, 9.17) is 17.3 Å². The minimum absolute atomic E-state index is 0.104. The van der Waals surface area contributed by atoms with E-state index in [-0.39, 0.29) is 12.6 Å². The van der Waals surface area contributed by atoms with Crippen molar-refractivity contribution >= 4 is 23.2 Å². The van der Waals surface area contributed by atoms with Crippen LogP contribution in [0.25, 0.3) is 0 Å². The number of aliphatic hydroxyl groups excluding tert-OH is 1. The summed E-state index contributed by atoms with van der Waals surface area (Å²) < 4.78 is 0. The Balaban J connectivity index is 3.09. The molecule has 0 radical (unpaired) electrons. The minimum Gasteiger partial charge on any atom is -0.389 e. The number of anilines is 1. The molecule has 3 N–H and O–H groups in total. The van der Waals surface area contributed by atoms with Crippen LogP contribution in [0.4, 0.5) is 5.69 Å². The van der Waals surface area contributed by atoms with E-state index in [2.05, 4.69) is 0 Å². The number of hydrogen-bond acceptors (Lipinski definition) is 3. The van der Waals surface area contributed by atoms with Crippen molar-refractivity contribution in [2.45, 2.75) is 32.9 Å². The summed E-state index contributed by atoms with van der Waals surface area (Å²) in [7, 11) is 0. The zero-order chi connectivity index (χ0) is 13.9. The number of rotatable bonds is 5. The maximum Gasteiger partial charge on any atom is 0.236 e. The molecule has 1 rings (SSSR count). The molecular weight excluding hydrogens is 252 g/mol. The Morgan fingerprint density at radius 2 is 2.06 bits per heavy atom. The highest BCUT2D eigenvalue weighted by Crippen LogP contribution is 2.30. The molecule has 0 aliphatic rings. The van der Waals surface area contributed by atoms with Gasteiger partial charge in [-0.3, -0.25) is 4.79 Å². The third-order valence-corrected chi connectivity index (χ3v) is 3.02. The van der Waals surface area contributed by atoms with Crippen molar-refractivity contribution < 1.29 is 9.90 Å². The summed E-state index contributed by atoms with van der Waals surface area (Å²) >= 11 is 6.19. The fourth-order valence-electron chi connectivity index (χ4n) is 1.73. The topological polar surface area (TPSA) is 66.6 Å². The molecule has 0 saturated heterocycles. The summed E-state index contributed by atoms with van der Waals surface area (Å²) in [6.45, 7) is 5.71. The highest BCUT2D eigenvalue weighted by Gasteiger charge is 2.16. The van der Waals surface area contributed by atoms with E-state index in [1.807, 2.05) is 18.7 Å². The zero-order valence-corrected chi connectivity index (χ0v) is 11.6. The molecule has 0 bridgehead atoms. The molecule has 5 heteroatoms. The fourth-order valence-corrected chi connectivity index (χ4v) is 2.03. The monoisotopic (exact) mass is 270 g/mol. The number of amides is 1. The van der Waals surface area contributed by atoms with Gasteiger partial charge in [0.1, 0.15) is 0 Å². The molecule has 0 aliphatic heterocycles. The number of carbonyl (C=O) groups is 1. The van der Waals surface area contributed by atoms with Gasteiger partial charge in [-0.25, -0.2) is 0 Å². The second kappa shape index (κ2) is 6.07. The summed E-state index contributed by atoms with van der Waals surface area (Å²) in [6.07, 6.45) is -0.569. The van der Waals surface area contributed by atoms with Crippen LogP contribution in [0.3, 0.4) is 0 Å². The van der Waals surface area contributed by atoms with Gasteiger partial charge in [0.2, 0.25) is 5.91 Å². The second-order valence-corrected chi connectivity index (χ2v) is 4.98. The molecule has 0 saturated carbocycles. The van der Waals surface area contributed by atoms with Gasteiger partial charge in [0.15, 0.2) is 0 Å². The molecular formula is C13H19ClN2O2. The molecule has 1 atom stereocenters. The van der Waals surface area contributed by atoms with Crippen molar-refractivity contribution in [3.05, 3.63) is 28.8 Å². The number of aliphatic hydroxyl groups is 1. The van der Waals surface area contributed by atoms with Gasteiger partial charge >= 0.3 is 0 Å². The number of nitrogens with zero attached hydrogens (tertiary/aromatic N) is 1. The molecule has 1 aromatic carbocycles. The van der Waals surface area contributed by atoms with E-state index in [9.17, 15) is 9.90 Å². The summed E-state index contributed by atoms with van der Waals surface area (Å²) in [5.74, 6) is -0.403. The van der Waals surface area contributed by atoms with Crippen LogP contribution in [-0.4, -0.2) is 23.6 Å². The summed E-state index contributed by atoms with van der Waals surface area (Å²) in [5, 5.41) is 9.99. The number of carbonyl (C=O) groups excluding carboxylic acids is 1. The SMILES string of the molecule is CC(O)c1ccc(N(CC(N)=O)C(C)C)c(Cl)c1. The first kappa shape index (κ1) is 14.8. The third kappa shape index (κ3) is 3.62. The van der Waals surface area contributed by atoms with Crippen molar-refractivity contribution in [2.24, 2.45) is 5.73 Å². The van der Waals surface area contributed by atoms with Crippen molar-refractivity contribution in [1.29, 1.82) is 0 Å². The molecule has 1 amide bonds. The van der Waals surface area contributed by atoms with Gasteiger partial charge in [-0.05, 0) is 38.5 Å². The number of primary amides is 1. The molecule has 0 fully saturated rings. The smallest absolute Gasteiger partial charge is 0.236 e. The Hall–Kier alpha value is -1.26. The standard InChI is InChI=1S/C13H19ClN2O2/c1-8(2)16(7-13(15)18)12-5-4-10(9(3)17)6-11(12)14/h4-6,8-9,17H,7H2,1-3H3,(H2,15,18). The van der Waals surface area contributed by atoms with Crippen molar-refractivity contribution in [3.63, 3.8) is 0 Å². The van der Waals surface area contributed by atoms with Crippen molar-refractivity contribution in [3.8, 4) is 0 Å². The highest BCUT2D eigenvalue weighted by molar-refractivity contribution is 6.33. The largest absolute Gasteiger partial charge is 0.389 e. The zero-order valence-electron chi connectivity index (χ0n) is 10.9. The van der Waals surface area contributed by atoms with Gasteiger partial charge < -0.3 is 15.7 Å². The van der Waals surface area contributed by atoms with E-state index in [0.717, 1.165) is 11.3 Å². The van der Waals surface area contributed by atoms with Crippen LogP contribution < -0.4 is 10.6 Å². The molecule has 0 heterocycles. The average molecular weight is 271 g/mol. The van der Waals surface area contributed by atoms with Gasteiger partial charge in [-0.15, -0.1) is 0 Å². The van der Waals surface area contributed by atoms with Gasteiger partial charge in [0, 0.05) is 6.04 Å². The Kier molecular flexibility index (Phi) is 4.99. The normalized spacial score (nSPS) is 12.6. The van der Waals surface area contributed by atoms with Crippen LogP contribution in [0, 0.1) is 0 Å². The van der Waals surface area contributed by atoms with Crippen LogP contribution in [0.5, 0.6) is 0 Å². The van der Waals surface area contributed by atoms with E-state index in [1.54, 1.807) is 25.1 Å². The Morgan fingerprint density at radius 3 is 2.44 bits per heavy atom. The number of hydrogen-bond donors (Lipinski definition) is 2. The lowest BCUT2D eigenvalue weighted by atomic mass is 10.1. The molecule has 100 valence electrons. The first-order valence-corrected chi connectivity index (χ1v) is 6.23. The minimum atomic E-state index is -0.569. The third-order valence-electron chi connectivity index (χ3n) is 2.71. The number of nitrogens with two attached hydrogens (primary N) is 1. The van der Waals surface area contributed by atoms with Crippen LogP contribution in [-0.2, 0) is 4.79 Å². The Morgan fingerprint density at radius 1 is 1.44 bits per heavy atom. The molecule has 0 aromatic heterocycles. The first-order chi connectivity index (χ1) is 8.32. The lowest BCUT2D eigenvalue weighted by Gasteiger charge is -2.28. The highest BCUT2D eigenvalue weighted by atomic mass is 35.5. The summed E-state index contributed by atoms with van der Waals surface area (Å²) in [5.41, 5.74) is 6.72. The lowest BCUT2D eigenvalue weighted by Crippen LogP contribution is -2.38. The lowest BCUT2D eigenvalue weighted by molar-refractivity contribution is -0.116. The van der Waals surface area contributed by atoms with E-state index >= 15 is 0 Å². The predicted octanol–water partition coefficient (Wildman–Crippen LogP) is 2.09. The number of halogens is 1. The maximum absolute atomic E-state index is 11.1. The van der Waals surface area contributed by atoms with E-state index < -0.39 is 12.0 Å². The molecule has 1 unspecified atom stereocenters. The maximum atomic E-state index is 11.1.